The van der Waals surface area contributed by atoms with Crippen LogP contribution in [0, 0.1) is 0 Å². The van der Waals surface area contributed by atoms with Crippen LogP contribution in [-0.4, -0.2) is 51.6 Å². The fraction of sp³-hybridized carbons (Fsp3) is 0.562. The zero-order valence-electron chi connectivity index (χ0n) is 14.0. The van der Waals surface area contributed by atoms with Crippen molar-refractivity contribution < 1.29 is 17.9 Å². The molecule has 1 N–H and O–H groups in total. The molecule has 0 aliphatic rings. The molecule has 0 heterocycles. The van der Waals surface area contributed by atoms with Crippen LogP contribution in [0.2, 0.25) is 0 Å². The lowest BCUT2D eigenvalue weighted by Gasteiger charge is -2.20. The van der Waals surface area contributed by atoms with Gasteiger partial charge < -0.3 is 10.1 Å². The van der Waals surface area contributed by atoms with Gasteiger partial charge in [-0.15, -0.1) is 0 Å². The van der Waals surface area contributed by atoms with Gasteiger partial charge in [0.2, 0.25) is 10.0 Å². The van der Waals surface area contributed by atoms with E-state index in [1.54, 1.807) is 24.3 Å². The molecule has 1 aromatic rings. The SMILES string of the molecule is CCCCCN(CCNC(=O)c1cccc(OC)c1)S(C)(=O)=O. The molecule has 0 radical (unpaired) electrons. The average molecular weight is 342 g/mol. The van der Waals surface area contributed by atoms with Crippen LogP contribution in [0.25, 0.3) is 0 Å². The van der Waals surface area contributed by atoms with Crippen LogP contribution < -0.4 is 10.1 Å². The van der Waals surface area contributed by atoms with Crippen LogP contribution in [0.1, 0.15) is 36.5 Å². The van der Waals surface area contributed by atoms with Gasteiger partial charge in [-0.2, -0.15) is 0 Å². The van der Waals surface area contributed by atoms with Gasteiger partial charge in [-0.3, -0.25) is 4.79 Å². The summed E-state index contributed by atoms with van der Waals surface area (Å²) in [5.74, 6) is 0.362. The minimum Gasteiger partial charge on any atom is -0.497 e. The lowest BCUT2D eigenvalue weighted by atomic mass is 10.2. The maximum atomic E-state index is 12.1. The standard InChI is InChI=1S/C16H26N2O4S/c1-4-5-6-11-18(23(3,20)21)12-10-17-16(19)14-8-7-9-15(13-14)22-2/h7-9,13H,4-6,10-12H2,1-3H3,(H,17,19). The summed E-state index contributed by atoms with van der Waals surface area (Å²) >= 11 is 0. The van der Waals surface area contributed by atoms with Crippen molar-refractivity contribution in [1.82, 2.24) is 9.62 Å². The first-order valence-electron chi connectivity index (χ1n) is 7.76. The van der Waals surface area contributed by atoms with Crippen LogP contribution in [0.15, 0.2) is 24.3 Å². The first-order valence-corrected chi connectivity index (χ1v) is 9.60. The van der Waals surface area contributed by atoms with Crippen molar-refractivity contribution >= 4 is 15.9 Å². The molecule has 0 spiro atoms. The predicted octanol–water partition coefficient (Wildman–Crippen LogP) is 1.88. The summed E-state index contributed by atoms with van der Waals surface area (Å²) in [7, 11) is -1.72. The lowest BCUT2D eigenvalue weighted by Crippen LogP contribution is -2.38. The van der Waals surface area contributed by atoms with Gasteiger partial charge in [-0.25, -0.2) is 12.7 Å². The number of benzene rings is 1. The molecule has 6 nitrogen and oxygen atoms in total. The Bertz CT molecular complexity index is 602. The van der Waals surface area contributed by atoms with E-state index < -0.39 is 10.0 Å². The summed E-state index contributed by atoms with van der Waals surface area (Å²) in [4.78, 5) is 12.1. The summed E-state index contributed by atoms with van der Waals surface area (Å²) in [5, 5.41) is 2.74. The first kappa shape index (κ1) is 19.4. The zero-order chi connectivity index (χ0) is 17.3. The van der Waals surface area contributed by atoms with E-state index in [9.17, 15) is 13.2 Å². The summed E-state index contributed by atoms with van der Waals surface area (Å²) in [6, 6.07) is 6.83. The Morgan fingerprint density at radius 3 is 2.61 bits per heavy atom. The molecular weight excluding hydrogens is 316 g/mol. The highest BCUT2D eigenvalue weighted by atomic mass is 32.2. The number of nitrogens with zero attached hydrogens (tertiary/aromatic N) is 1. The molecule has 0 atom stereocenters. The van der Waals surface area contributed by atoms with Crippen molar-refractivity contribution in [2.75, 3.05) is 33.0 Å². The second kappa shape index (κ2) is 9.52. The van der Waals surface area contributed by atoms with Crippen molar-refractivity contribution in [3.8, 4) is 5.75 Å². The lowest BCUT2D eigenvalue weighted by molar-refractivity contribution is 0.0951. The van der Waals surface area contributed by atoms with Crippen molar-refractivity contribution in [3.63, 3.8) is 0 Å². The third kappa shape index (κ3) is 7.00. The molecule has 1 rings (SSSR count). The Balaban J connectivity index is 2.53. The third-order valence-electron chi connectivity index (χ3n) is 3.46. The Morgan fingerprint density at radius 1 is 1.26 bits per heavy atom. The van der Waals surface area contributed by atoms with Crippen molar-refractivity contribution in [2.45, 2.75) is 26.2 Å². The predicted molar refractivity (Wildman–Crippen MR) is 91.3 cm³/mol. The number of ether oxygens (including phenoxy) is 1. The van der Waals surface area contributed by atoms with Crippen LogP contribution in [0.3, 0.4) is 0 Å². The minimum absolute atomic E-state index is 0.245. The molecule has 7 heteroatoms. The number of sulfonamides is 1. The number of hydrogen-bond acceptors (Lipinski definition) is 4. The number of unbranched alkanes of at least 4 members (excludes halogenated alkanes) is 2. The maximum absolute atomic E-state index is 12.1. The second-order valence-electron chi connectivity index (χ2n) is 5.36. The molecule has 0 aromatic heterocycles. The highest BCUT2D eigenvalue weighted by molar-refractivity contribution is 7.88. The quantitative estimate of drug-likeness (QED) is 0.659. The smallest absolute Gasteiger partial charge is 0.251 e. The number of rotatable bonds is 10. The molecule has 0 aliphatic heterocycles. The van der Waals surface area contributed by atoms with E-state index in [4.69, 9.17) is 4.74 Å². The molecule has 1 aromatic carbocycles. The fourth-order valence-corrected chi connectivity index (χ4v) is 3.03. The maximum Gasteiger partial charge on any atom is 0.251 e. The molecule has 0 aliphatic carbocycles. The molecule has 0 saturated heterocycles. The van der Waals surface area contributed by atoms with E-state index in [-0.39, 0.29) is 19.0 Å². The first-order chi connectivity index (χ1) is 10.9. The van der Waals surface area contributed by atoms with Gasteiger partial charge in [0, 0.05) is 25.2 Å². The summed E-state index contributed by atoms with van der Waals surface area (Å²) in [6.07, 6.45) is 4.04. The van der Waals surface area contributed by atoms with Gasteiger partial charge in [0.15, 0.2) is 0 Å². The van der Waals surface area contributed by atoms with Crippen LogP contribution >= 0.6 is 0 Å². The van der Waals surface area contributed by atoms with Gasteiger partial charge in [0.05, 0.1) is 13.4 Å². The van der Waals surface area contributed by atoms with Crippen molar-refractivity contribution in [3.05, 3.63) is 29.8 Å². The molecule has 1 amide bonds. The number of amides is 1. The van der Waals surface area contributed by atoms with E-state index in [2.05, 4.69) is 12.2 Å². The molecule has 23 heavy (non-hydrogen) atoms. The number of carbonyl (C=O) groups is 1. The Kier molecular flexibility index (Phi) is 8.05. The van der Waals surface area contributed by atoms with Crippen LogP contribution in [0.4, 0.5) is 0 Å². The van der Waals surface area contributed by atoms with Crippen molar-refractivity contribution in [2.24, 2.45) is 0 Å². The second-order valence-corrected chi connectivity index (χ2v) is 7.34. The van der Waals surface area contributed by atoms with Gasteiger partial charge >= 0.3 is 0 Å². The Morgan fingerprint density at radius 2 is 2.00 bits per heavy atom. The van der Waals surface area contributed by atoms with Gasteiger partial charge in [0.25, 0.3) is 5.91 Å². The normalized spacial score (nSPS) is 11.5. The summed E-state index contributed by atoms with van der Waals surface area (Å²) < 4.78 is 30.0. The fourth-order valence-electron chi connectivity index (χ4n) is 2.14. The summed E-state index contributed by atoms with van der Waals surface area (Å²) in [6.45, 7) is 3.11. The highest BCUT2D eigenvalue weighted by Crippen LogP contribution is 2.12. The monoisotopic (exact) mass is 342 g/mol. The average Bonchev–Trinajstić information content (AvgIpc) is 2.52. The molecule has 0 unspecified atom stereocenters. The Hall–Kier alpha value is -1.60. The zero-order valence-corrected chi connectivity index (χ0v) is 14.9. The van der Waals surface area contributed by atoms with E-state index in [1.165, 1.54) is 17.7 Å². The number of carbonyl (C=O) groups excluding carboxylic acids is 1. The highest BCUT2D eigenvalue weighted by Gasteiger charge is 2.16. The van der Waals surface area contributed by atoms with Crippen molar-refractivity contribution in [1.29, 1.82) is 0 Å². The number of methoxy groups -OCH3 is 1. The van der Waals surface area contributed by atoms with E-state index in [0.29, 0.717) is 17.9 Å². The van der Waals surface area contributed by atoms with Gasteiger partial charge in [-0.05, 0) is 24.6 Å². The Labute approximate surface area is 138 Å². The summed E-state index contributed by atoms with van der Waals surface area (Å²) in [5.41, 5.74) is 0.487. The molecule has 0 saturated carbocycles. The number of hydrogen-bond donors (Lipinski definition) is 1. The van der Waals surface area contributed by atoms with Gasteiger partial charge in [0.1, 0.15) is 5.75 Å². The largest absolute Gasteiger partial charge is 0.497 e. The van der Waals surface area contributed by atoms with Crippen LogP contribution in [-0.2, 0) is 10.0 Å². The third-order valence-corrected chi connectivity index (χ3v) is 4.76. The van der Waals surface area contributed by atoms with E-state index >= 15 is 0 Å². The van der Waals surface area contributed by atoms with E-state index in [0.717, 1.165) is 19.3 Å². The van der Waals surface area contributed by atoms with E-state index in [1.807, 2.05) is 0 Å². The topological polar surface area (TPSA) is 75.7 Å². The van der Waals surface area contributed by atoms with Crippen LogP contribution in [0.5, 0.6) is 5.75 Å². The molecular formula is C16H26N2O4S. The minimum atomic E-state index is -3.26. The van der Waals surface area contributed by atoms with Gasteiger partial charge in [-0.1, -0.05) is 25.8 Å². The molecule has 0 fully saturated rings. The molecule has 0 bridgehead atoms. The number of nitrogens with one attached hydrogen (secondary N) is 1. The molecule has 130 valence electrons.